The molecule has 3 atom stereocenters. The first-order valence-electron chi connectivity index (χ1n) is 11.1. The van der Waals surface area contributed by atoms with Gasteiger partial charge in [0, 0.05) is 18.6 Å². The fourth-order valence-corrected chi connectivity index (χ4v) is 13.0. The van der Waals surface area contributed by atoms with Crippen molar-refractivity contribution in [3.05, 3.63) is 12.7 Å². The van der Waals surface area contributed by atoms with Crippen LogP contribution in [0.4, 0.5) is 0 Å². The van der Waals surface area contributed by atoms with Crippen molar-refractivity contribution in [2.45, 2.75) is 95.9 Å². The second-order valence-electron chi connectivity index (χ2n) is 10.5. The van der Waals surface area contributed by atoms with E-state index in [0.717, 1.165) is 31.3 Å². The van der Waals surface area contributed by atoms with E-state index in [9.17, 15) is 4.79 Å². The Morgan fingerprint density at radius 1 is 1.04 bits per heavy atom. The summed E-state index contributed by atoms with van der Waals surface area (Å²) in [6.45, 7) is 18.5. The summed E-state index contributed by atoms with van der Waals surface area (Å²) >= 11 is 0. The second kappa shape index (κ2) is 7.66. The molecule has 0 N–H and O–H groups in total. The zero-order chi connectivity index (χ0) is 20.0. The van der Waals surface area contributed by atoms with Crippen LogP contribution in [-0.4, -0.2) is 26.5 Å². The van der Waals surface area contributed by atoms with E-state index in [1.807, 2.05) is 0 Å². The molecule has 4 rings (SSSR count). The van der Waals surface area contributed by atoms with Crippen LogP contribution in [0.15, 0.2) is 12.7 Å². The Labute approximate surface area is 167 Å². The molecule has 0 aromatic carbocycles. The van der Waals surface area contributed by atoms with Gasteiger partial charge in [-0.05, 0) is 66.5 Å². The van der Waals surface area contributed by atoms with E-state index >= 15 is 0 Å². The molecule has 3 unspecified atom stereocenters. The summed E-state index contributed by atoms with van der Waals surface area (Å²) in [7, 11) is -1.91. The van der Waals surface area contributed by atoms with E-state index in [4.69, 9.17) is 9.16 Å². The van der Waals surface area contributed by atoms with Crippen molar-refractivity contribution in [1.29, 1.82) is 0 Å². The van der Waals surface area contributed by atoms with Crippen LogP contribution in [-0.2, 0) is 14.0 Å². The number of hydrogen-bond donors (Lipinski definition) is 0. The number of ether oxygens (including phenoxy) is 1. The summed E-state index contributed by atoms with van der Waals surface area (Å²) in [4.78, 5) is 12.2. The molecule has 3 nitrogen and oxygen atoms in total. The Hall–Kier alpha value is -0.613. The summed E-state index contributed by atoms with van der Waals surface area (Å²) in [5.74, 6) is 2.24. The van der Waals surface area contributed by atoms with Gasteiger partial charge in [-0.25, -0.2) is 4.79 Å². The van der Waals surface area contributed by atoms with Crippen molar-refractivity contribution in [1.82, 2.24) is 0 Å². The van der Waals surface area contributed by atoms with E-state index < -0.39 is 8.32 Å². The average molecular weight is 393 g/mol. The molecule has 0 aromatic rings. The van der Waals surface area contributed by atoms with Gasteiger partial charge in [-0.1, -0.05) is 48.1 Å². The zero-order valence-electron chi connectivity index (χ0n) is 18.3. The third-order valence-corrected chi connectivity index (χ3v) is 14.2. The van der Waals surface area contributed by atoms with Gasteiger partial charge in [-0.2, -0.15) is 0 Å². The lowest BCUT2D eigenvalue weighted by atomic mass is 9.50. The first-order chi connectivity index (χ1) is 12.6. The molecule has 4 aliphatic rings. The van der Waals surface area contributed by atoms with E-state index in [1.165, 1.54) is 25.3 Å². The Morgan fingerprint density at radius 2 is 1.56 bits per heavy atom. The van der Waals surface area contributed by atoms with Crippen LogP contribution in [0.25, 0.3) is 0 Å². The molecule has 0 spiro atoms. The van der Waals surface area contributed by atoms with Gasteiger partial charge in [0.1, 0.15) is 5.60 Å². The van der Waals surface area contributed by atoms with Crippen molar-refractivity contribution in [2.75, 3.05) is 6.61 Å². The lowest BCUT2D eigenvalue weighted by Gasteiger charge is -2.60. The van der Waals surface area contributed by atoms with Gasteiger partial charge < -0.3 is 9.16 Å². The molecule has 0 saturated heterocycles. The Morgan fingerprint density at radius 3 is 2.00 bits per heavy atom. The Balaban J connectivity index is 1.85. The average Bonchev–Trinajstić information content (AvgIpc) is 2.55. The molecule has 0 heterocycles. The molecule has 4 aliphatic carbocycles. The van der Waals surface area contributed by atoms with Crippen molar-refractivity contribution in [3.63, 3.8) is 0 Å². The number of carbonyl (C=O) groups is 1. The Kier molecular flexibility index (Phi) is 5.99. The smallest absolute Gasteiger partial charge is 0.330 e. The number of rotatable bonds is 8. The first kappa shape index (κ1) is 21.1. The van der Waals surface area contributed by atoms with E-state index in [1.54, 1.807) is 0 Å². The van der Waals surface area contributed by atoms with Gasteiger partial charge in [0.15, 0.2) is 8.32 Å². The van der Waals surface area contributed by atoms with Crippen LogP contribution in [0, 0.1) is 23.7 Å². The topological polar surface area (TPSA) is 35.5 Å². The second-order valence-corrected chi connectivity index (χ2v) is 16.0. The van der Waals surface area contributed by atoms with Crippen molar-refractivity contribution in [2.24, 2.45) is 23.7 Å². The summed E-state index contributed by atoms with van der Waals surface area (Å²) < 4.78 is 13.1. The van der Waals surface area contributed by atoms with Crippen molar-refractivity contribution < 1.29 is 14.0 Å². The molecule has 0 amide bonds. The van der Waals surface area contributed by atoms with Crippen LogP contribution in [0.1, 0.15) is 73.6 Å². The molecule has 4 bridgehead atoms. The highest BCUT2D eigenvalue weighted by Gasteiger charge is 2.60. The zero-order valence-corrected chi connectivity index (χ0v) is 19.3. The number of carbonyl (C=O) groups excluding carboxylic acids is 1. The molecule has 0 radical (unpaired) electrons. The quantitative estimate of drug-likeness (QED) is 0.284. The highest BCUT2D eigenvalue weighted by molar-refractivity contribution is 6.77. The van der Waals surface area contributed by atoms with Crippen LogP contribution < -0.4 is 0 Å². The standard InChI is InChI=1S/C23H40O3Si/c1-8-22(24)26-23-12-18-9-19(13-23)11-20(10-18)21(23)14-25-27(15(2)3,16(4)5)17(6)7/h8,15-21H,1,9-14H2,2-7H3. The third kappa shape index (κ3) is 3.57. The maximum absolute atomic E-state index is 12.2. The normalized spacial score (nSPS) is 35.3. The fourth-order valence-electron chi connectivity index (χ4n) is 7.49. The SMILES string of the molecule is C=CC(=O)OC12CC3CC(CC(C3)C1CO[Si](C(C)C)(C(C)C)C(C)C)C2. The molecule has 4 fully saturated rings. The van der Waals surface area contributed by atoms with Gasteiger partial charge >= 0.3 is 5.97 Å². The summed E-state index contributed by atoms with van der Waals surface area (Å²) in [6.07, 6.45) is 7.35. The van der Waals surface area contributed by atoms with E-state index in [-0.39, 0.29) is 11.6 Å². The maximum atomic E-state index is 12.2. The summed E-state index contributed by atoms with van der Waals surface area (Å²) in [5, 5.41) is 0. The molecular formula is C23H40O3Si. The maximum Gasteiger partial charge on any atom is 0.330 e. The largest absolute Gasteiger partial charge is 0.456 e. The van der Waals surface area contributed by atoms with Crippen molar-refractivity contribution >= 4 is 14.3 Å². The third-order valence-electron chi connectivity index (χ3n) is 8.14. The minimum Gasteiger partial charge on any atom is -0.456 e. The predicted octanol–water partition coefficient (Wildman–Crippen LogP) is 6.10. The number of esters is 1. The summed E-state index contributed by atoms with van der Waals surface area (Å²) in [5.41, 5.74) is 1.45. The molecule has 4 heteroatoms. The molecule has 154 valence electrons. The fraction of sp³-hybridized carbons (Fsp3) is 0.870. The van der Waals surface area contributed by atoms with Gasteiger partial charge in [0.2, 0.25) is 0 Å². The monoisotopic (exact) mass is 392 g/mol. The van der Waals surface area contributed by atoms with Gasteiger partial charge in [-0.15, -0.1) is 0 Å². The molecular weight excluding hydrogens is 352 g/mol. The lowest BCUT2D eigenvalue weighted by molar-refractivity contribution is -0.209. The molecule has 4 saturated carbocycles. The molecule has 0 aromatic heterocycles. The number of hydrogen-bond acceptors (Lipinski definition) is 3. The van der Waals surface area contributed by atoms with Crippen LogP contribution >= 0.6 is 0 Å². The highest BCUT2D eigenvalue weighted by atomic mass is 28.4. The van der Waals surface area contributed by atoms with Crippen LogP contribution in [0.2, 0.25) is 16.6 Å². The first-order valence-corrected chi connectivity index (χ1v) is 13.3. The summed E-state index contributed by atoms with van der Waals surface area (Å²) in [6, 6.07) is 0. The predicted molar refractivity (Wildman–Crippen MR) is 113 cm³/mol. The van der Waals surface area contributed by atoms with Gasteiger partial charge in [-0.3, -0.25) is 0 Å². The molecule has 27 heavy (non-hydrogen) atoms. The van der Waals surface area contributed by atoms with Gasteiger partial charge in [0.05, 0.1) is 0 Å². The van der Waals surface area contributed by atoms with Gasteiger partial charge in [0.25, 0.3) is 0 Å². The lowest BCUT2D eigenvalue weighted by Crippen LogP contribution is -2.61. The highest BCUT2D eigenvalue weighted by Crippen LogP contribution is 2.60. The Bertz CT molecular complexity index is 532. The van der Waals surface area contributed by atoms with Crippen LogP contribution in [0.3, 0.4) is 0 Å². The van der Waals surface area contributed by atoms with Crippen LogP contribution in [0.5, 0.6) is 0 Å². The minimum absolute atomic E-state index is 0.248. The minimum atomic E-state index is -1.91. The molecule has 0 aliphatic heterocycles. The van der Waals surface area contributed by atoms with E-state index in [0.29, 0.717) is 28.5 Å². The van der Waals surface area contributed by atoms with Crippen molar-refractivity contribution in [3.8, 4) is 0 Å². The van der Waals surface area contributed by atoms with E-state index in [2.05, 4.69) is 48.1 Å².